The van der Waals surface area contributed by atoms with Crippen molar-refractivity contribution >= 4 is 10.9 Å². The Morgan fingerprint density at radius 3 is 2.94 bits per heavy atom. The third kappa shape index (κ3) is 2.10. The van der Waals surface area contributed by atoms with Crippen LogP contribution in [0.1, 0.15) is 18.9 Å². The number of aryl methyl sites for hydroxylation is 1. The molecule has 0 aliphatic heterocycles. The molecule has 0 amide bonds. The van der Waals surface area contributed by atoms with Crippen molar-refractivity contribution in [3.63, 3.8) is 0 Å². The van der Waals surface area contributed by atoms with E-state index in [1.807, 2.05) is 6.92 Å². The minimum absolute atomic E-state index is 0.593. The molecule has 1 aromatic heterocycles. The summed E-state index contributed by atoms with van der Waals surface area (Å²) >= 11 is 0. The lowest BCUT2D eigenvalue weighted by Gasteiger charge is -2.03. The van der Waals surface area contributed by atoms with Crippen LogP contribution in [0.5, 0.6) is 0 Å². The van der Waals surface area contributed by atoms with Crippen molar-refractivity contribution in [1.82, 2.24) is 4.57 Å². The summed E-state index contributed by atoms with van der Waals surface area (Å²) in [5.41, 5.74) is 8.08. The van der Waals surface area contributed by atoms with Crippen molar-refractivity contribution in [1.29, 1.82) is 0 Å². The second kappa shape index (κ2) is 4.87. The Hall–Kier alpha value is -1.72. The van der Waals surface area contributed by atoms with Crippen LogP contribution >= 0.6 is 0 Å². The zero-order valence-electron chi connectivity index (χ0n) is 9.53. The summed E-state index contributed by atoms with van der Waals surface area (Å²) < 4.78 is 2.23. The van der Waals surface area contributed by atoms with Crippen LogP contribution < -0.4 is 5.73 Å². The van der Waals surface area contributed by atoms with E-state index in [4.69, 9.17) is 5.73 Å². The Bertz CT molecular complexity index is 541. The second-order valence-corrected chi connectivity index (χ2v) is 3.78. The minimum atomic E-state index is 0.593. The number of rotatable bonds is 3. The third-order valence-corrected chi connectivity index (χ3v) is 2.73. The highest BCUT2D eigenvalue weighted by Crippen LogP contribution is 2.17. The number of benzene rings is 1. The topological polar surface area (TPSA) is 30.9 Å². The van der Waals surface area contributed by atoms with Crippen molar-refractivity contribution in [2.45, 2.75) is 26.4 Å². The summed E-state index contributed by atoms with van der Waals surface area (Å²) in [6.07, 6.45) is 3.01. The molecule has 0 spiro atoms. The van der Waals surface area contributed by atoms with E-state index in [0.29, 0.717) is 6.54 Å². The largest absolute Gasteiger partial charge is 0.347 e. The van der Waals surface area contributed by atoms with Crippen LogP contribution in [-0.2, 0) is 13.1 Å². The summed E-state index contributed by atoms with van der Waals surface area (Å²) in [7, 11) is 0. The Kier molecular flexibility index (Phi) is 3.28. The van der Waals surface area contributed by atoms with Crippen LogP contribution in [-0.4, -0.2) is 4.57 Å². The van der Waals surface area contributed by atoms with E-state index in [1.165, 1.54) is 16.5 Å². The molecule has 0 aliphatic rings. The van der Waals surface area contributed by atoms with Gasteiger partial charge >= 0.3 is 0 Å². The molecule has 0 aliphatic carbocycles. The Labute approximate surface area is 96.1 Å². The van der Waals surface area contributed by atoms with E-state index < -0.39 is 0 Å². The predicted molar refractivity (Wildman–Crippen MR) is 67.9 cm³/mol. The molecule has 2 N–H and O–H groups in total. The van der Waals surface area contributed by atoms with E-state index in [2.05, 4.69) is 46.9 Å². The molecule has 2 nitrogen and oxygen atoms in total. The number of fused-ring (bicyclic) bond motifs is 1. The fourth-order valence-electron chi connectivity index (χ4n) is 1.85. The SMILES string of the molecule is CC#CCCn1ccc2ccc(CN)cc21. The lowest BCUT2D eigenvalue weighted by Crippen LogP contribution is -1.98. The van der Waals surface area contributed by atoms with Gasteiger partial charge in [-0.1, -0.05) is 12.1 Å². The van der Waals surface area contributed by atoms with Crippen LogP contribution in [0.4, 0.5) is 0 Å². The molecule has 2 heteroatoms. The molecule has 0 bridgehead atoms. The van der Waals surface area contributed by atoms with Gasteiger partial charge in [0.05, 0.1) is 0 Å². The van der Waals surface area contributed by atoms with Gasteiger partial charge in [0, 0.05) is 31.2 Å². The maximum atomic E-state index is 5.65. The van der Waals surface area contributed by atoms with Gasteiger partial charge in [-0.2, -0.15) is 0 Å². The van der Waals surface area contributed by atoms with Gasteiger partial charge in [-0.05, 0) is 30.0 Å². The first-order chi connectivity index (χ1) is 7.85. The molecule has 1 aromatic carbocycles. The summed E-state index contributed by atoms with van der Waals surface area (Å²) in [5, 5.41) is 1.27. The quantitative estimate of drug-likeness (QED) is 0.779. The maximum absolute atomic E-state index is 5.65. The summed E-state index contributed by atoms with van der Waals surface area (Å²) in [6.45, 7) is 3.41. The first kappa shape index (κ1) is 10.8. The van der Waals surface area contributed by atoms with Gasteiger partial charge in [0.25, 0.3) is 0 Å². The summed E-state index contributed by atoms with van der Waals surface area (Å²) in [4.78, 5) is 0. The molecule has 82 valence electrons. The van der Waals surface area contributed by atoms with E-state index >= 15 is 0 Å². The highest BCUT2D eigenvalue weighted by molar-refractivity contribution is 5.80. The van der Waals surface area contributed by atoms with Crippen LogP contribution in [0.25, 0.3) is 10.9 Å². The number of aromatic nitrogens is 1. The molecular formula is C14H16N2. The van der Waals surface area contributed by atoms with Crippen LogP contribution in [0, 0.1) is 11.8 Å². The lowest BCUT2D eigenvalue weighted by molar-refractivity contribution is 0.748. The van der Waals surface area contributed by atoms with Crippen LogP contribution in [0.3, 0.4) is 0 Å². The van der Waals surface area contributed by atoms with Crippen LogP contribution in [0.15, 0.2) is 30.5 Å². The zero-order valence-corrected chi connectivity index (χ0v) is 9.53. The summed E-state index contributed by atoms with van der Waals surface area (Å²) in [5.74, 6) is 6.00. The van der Waals surface area contributed by atoms with E-state index in [1.54, 1.807) is 0 Å². The average molecular weight is 212 g/mol. The highest BCUT2D eigenvalue weighted by atomic mass is 14.9. The highest BCUT2D eigenvalue weighted by Gasteiger charge is 2.00. The molecule has 16 heavy (non-hydrogen) atoms. The predicted octanol–water partition coefficient (Wildman–Crippen LogP) is 2.51. The Balaban J connectivity index is 2.32. The van der Waals surface area contributed by atoms with E-state index in [9.17, 15) is 0 Å². The van der Waals surface area contributed by atoms with Gasteiger partial charge in [0.1, 0.15) is 0 Å². The molecule has 0 atom stereocenters. The second-order valence-electron chi connectivity index (χ2n) is 3.78. The van der Waals surface area contributed by atoms with Gasteiger partial charge in [-0.15, -0.1) is 11.8 Å². The smallest absolute Gasteiger partial charge is 0.0483 e. The molecule has 0 saturated carbocycles. The molecule has 0 fully saturated rings. The van der Waals surface area contributed by atoms with Gasteiger partial charge < -0.3 is 10.3 Å². The number of nitrogens with two attached hydrogens (primary N) is 1. The standard InChI is InChI=1S/C14H16N2/c1-2-3-4-8-16-9-7-13-6-5-12(11-15)10-14(13)16/h5-7,9-10H,4,8,11,15H2,1H3. The Morgan fingerprint density at radius 2 is 2.19 bits per heavy atom. The average Bonchev–Trinajstić information content (AvgIpc) is 2.72. The van der Waals surface area contributed by atoms with Gasteiger partial charge in [0.15, 0.2) is 0 Å². The number of hydrogen-bond acceptors (Lipinski definition) is 1. The molecule has 2 aromatic rings. The molecule has 0 saturated heterocycles. The Morgan fingerprint density at radius 1 is 1.31 bits per heavy atom. The van der Waals surface area contributed by atoms with Crippen molar-refractivity contribution in [3.8, 4) is 11.8 Å². The zero-order chi connectivity index (χ0) is 11.4. The van der Waals surface area contributed by atoms with Crippen molar-refractivity contribution in [2.75, 3.05) is 0 Å². The van der Waals surface area contributed by atoms with Gasteiger partial charge in [0.2, 0.25) is 0 Å². The first-order valence-corrected chi connectivity index (χ1v) is 5.52. The normalized spacial score (nSPS) is 10.1. The molecular weight excluding hydrogens is 196 g/mol. The van der Waals surface area contributed by atoms with Crippen molar-refractivity contribution in [2.24, 2.45) is 5.73 Å². The molecule has 1 heterocycles. The molecule has 2 rings (SSSR count). The minimum Gasteiger partial charge on any atom is -0.347 e. The third-order valence-electron chi connectivity index (χ3n) is 2.73. The monoisotopic (exact) mass is 212 g/mol. The molecule has 0 radical (unpaired) electrons. The van der Waals surface area contributed by atoms with E-state index in [-0.39, 0.29) is 0 Å². The van der Waals surface area contributed by atoms with Gasteiger partial charge in [-0.25, -0.2) is 0 Å². The fraction of sp³-hybridized carbons (Fsp3) is 0.286. The van der Waals surface area contributed by atoms with Gasteiger partial charge in [-0.3, -0.25) is 0 Å². The fourth-order valence-corrected chi connectivity index (χ4v) is 1.85. The lowest BCUT2D eigenvalue weighted by atomic mass is 10.1. The summed E-state index contributed by atoms with van der Waals surface area (Å²) in [6, 6.07) is 8.50. The molecule has 0 unspecified atom stereocenters. The van der Waals surface area contributed by atoms with Crippen molar-refractivity contribution in [3.05, 3.63) is 36.0 Å². The van der Waals surface area contributed by atoms with Crippen molar-refractivity contribution < 1.29 is 0 Å². The maximum Gasteiger partial charge on any atom is 0.0483 e. The number of nitrogens with zero attached hydrogens (tertiary/aromatic N) is 1. The first-order valence-electron chi connectivity index (χ1n) is 5.52. The number of hydrogen-bond donors (Lipinski definition) is 1. The van der Waals surface area contributed by atoms with E-state index in [0.717, 1.165) is 13.0 Å². The van der Waals surface area contributed by atoms with Crippen LogP contribution in [0.2, 0.25) is 0 Å².